The fraction of sp³-hybridized carbons (Fsp3) is 0.111. The van der Waals surface area contributed by atoms with Crippen molar-refractivity contribution in [1.29, 1.82) is 5.26 Å². The number of rotatable bonds is 4. The average Bonchev–Trinajstić information content (AvgIpc) is 2.99. The molecule has 0 bridgehead atoms. The molecule has 1 aromatic heterocycles. The first-order chi connectivity index (χ1) is 11.2. The first-order valence-electron chi connectivity index (χ1n) is 7.17. The zero-order valence-corrected chi connectivity index (χ0v) is 12.9. The number of para-hydroxylation sites is 2. The van der Waals surface area contributed by atoms with E-state index in [4.69, 9.17) is 4.42 Å². The number of fused-ring (bicyclic) bond motifs is 1. The summed E-state index contributed by atoms with van der Waals surface area (Å²) in [5, 5.41) is 12.4. The molecule has 3 rings (SSSR count). The molecule has 0 unspecified atom stereocenters. The van der Waals surface area contributed by atoms with Gasteiger partial charge in [0.2, 0.25) is 5.89 Å². The summed E-state index contributed by atoms with van der Waals surface area (Å²) in [7, 11) is 3.98. The Labute approximate surface area is 134 Å². The highest BCUT2D eigenvalue weighted by molar-refractivity contribution is 5.80. The molecule has 3 aromatic rings. The second-order valence-electron chi connectivity index (χ2n) is 5.24. The van der Waals surface area contributed by atoms with Crippen molar-refractivity contribution in [3.05, 3.63) is 60.6 Å². The Morgan fingerprint density at radius 3 is 2.57 bits per heavy atom. The minimum atomic E-state index is 0.311. The number of nitriles is 1. The third kappa shape index (κ3) is 3.16. The van der Waals surface area contributed by atoms with Crippen LogP contribution in [0.1, 0.15) is 5.89 Å². The molecule has 0 amide bonds. The van der Waals surface area contributed by atoms with Crippen molar-refractivity contribution in [3.63, 3.8) is 0 Å². The summed E-state index contributed by atoms with van der Waals surface area (Å²) < 4.78 is 5.61. The van der Waals surface area contributed by atoms with Crippen LogP contribution in [-0.2, 0) is 0 Å². The van der Waals surface area contributed by atoms with Gasteiger partial charge < -0.3 is 14.6 Å². The second kappa shape index (κ2) is 6.24. The van der Waals surface area contributed by atoms with E-state index in [2.05, 4.69) is 16.4 Å². The van der Waals surface area contributed by atoms with E-state index in [1.54, 1.807) is 6.20 Å². The molecular weight excluding hydrogens is 288 g/mol. The molecule has 0 saturated carbocycles. The maximum absolute atomic E-state index is 9.33. The molecule has 1 heterocycles. The molecule has 5 nitrogen and oxygen atoms in total. The van der Waals surface area contributed by atoms with Gasteiger partial charge in [0.25, 0.3) is 0 Å². The molecule has 2 aromatic carbocycles. The quantitative estimate of drug-likeness (QED) is 0.741. The molecule has 0 aliphatic rings. The summed E-state index contributed by atoms with van der Waals surface area (Å²) in [6, 6.07) is 17.5. The van der Waals surface area contributed by atoms with Crippen LogP contribution in [0.15, 0.2) is 59.1 Å². The molecule has 1 N–H and O–H groups in total. The summed E-state index contributed by atoms with van der Waals surface area (Å²) in [5.41, 5.74) is 3.74. The molecule has 0 fully saturated rings. The predicted molar refractivity (Wildman–Crippen MR) is 92.0 cm³/mol. The summed E-state index contributed by atoms with van der Waals surface area (Å²) >= 11 is 0. The highest BCUT2D eigenvalue weighted by Crippen LogP contribution is 2.21. The number of hydrogen-bond donors (Lipinski definition) is 1. The smallest absolute Gasteiger partial charge is 0.239 e. The fourth-order valence-corrected chi connectivity index (χ4v) is 2.14. The van der Waals surface area contributed by atoms with Gasteiger partial charge in [0, 0.05) is 31.7 Å². The molecular formula is C18H16N4O. The van der Waals surface area contributed by atoms with E-state index in [1.807, 2.05) is 67.5 Å². The lowest BCUT2D eigenvalue weighted by molar-refractivity contribution is 0.586. The van der Waals surface area contributed by atoms with Gasteiger partial charge in [-0.05, 0) is 36.4 Å². The number of anilines is 2. The number of hydrogen-bond acceptors (Lipinski definition) is 5. The third-order valence-electron chi connectivity index (χ3n) is 3.41. The van der Waals surface area contributed by atoms with Crippen molar-refractivity contribution in [2.24, 2.45) is 0 Å². The van der Waals surface area contributed by atoms with Gasteiger partial charge in [-0.25, -0.2) is 4.98 Å². The maximum atomic E-state index is 9.33. The van der Waals surface area contributed by atoms with Crippen LogP contribution in [0.2, 0.25) is 0 Å². The summed E-state index contributed by atoms with van der Waals surface area (Å²) in [5.74, 6) is 0.311. The maximum Gasteiger partial charge on any atom is 0.239 e. The Morgan fingerprint density at radius 2 is 1.91 bits per heavy atom. The number of nitrogens with zero attached hydrogens (tertiary/aromatic N) is 3. The normalized spacial score (nSPS) is 11.3. The Kier molecular flexibility index (Phi) is 3.98. The zero-order chi connectivity index (χ0) is 16.2. The molecule has 0 atom stereocenters. The van der Waals surface area contributed by atoms with Crippen molar-refractivity contribution in [2.75, 3.05) is 24.3 Å². The lowest BCUT2D eigenvalue weighted by Crippen LogP contribution is -2.08. The Bertz CT molecular complexity index is 852. The van der Waals surface area contributed by atoms with E-state index in [0.717, 1.165) is 16.9 Å². The number of oxazole rings is 1. The van der Waals surface area contributed by atoms with Crippen LogP contribution in [0.5, 0.6) is 0 Å². The Morgan fingerprint density at radius 1 is 1.17 bits per heavy atom. The number of nitrogens with one attached hydrogen (secondary N) is 1. The molecule has 114 valence electrons. The minimum Gasteiger partial charge on any atom is -0.435 e. The van der Waals surface area contributed by atoms with Crippen LogP contribution in [-0.4, -0.2) is 19.1 Å². The van der Waals surface area contributed by atoms with Crippen molar-refractivity contribution in [2.45, 2.75) is 0 Å². The molecule has 0 saturated heterocycles. The van der Waals surface area contributed by atoms with E-state index in [0.29, 0.717) is 17.0 Å². The average molecular weight is 304 g/mol. The van der Waals surface area contributed by atoms with Crippen LogP contribution < -0.4 is 10.2 Å². The Balaban J connectivity index is 1.83. The van der Waals surface area contributed by atoms with Crippen LogP contribution >= 0.6 is 0 Å². The van der Waals surface area contributed by atoms with Gasteiger partial charge in [0.15, 0.2) is 5.58 Å². The highest BCUT2D eigenvalue weighted by Gasteiger charge is 2.10. The number of benzene rings is 2. The van der Waals surface area contributed by atoms with Crippen LogP contribution in [0, 0.1) is 11.3 Å². The van der Waals surface area contributed by atoms with Crippen molar-refractivity contribution in [1.82, 2.24) is 4.98 Å². The minimum absolute atomic E-state index is 0.311. The van der Waals surface area contributed by atoms with Gasteiger partial charge in [-0.15, -0.1) is 0 Å². The van der Waals surface area contributed by atoms with Gasteiger partial charge in [-0.3, -0.25) is 0 Å². The van der Waals surface area contributed by atoms with Gasteiger partial charge >= 0.3 is 0 Å². The predicted octanol–water partition coefficient (Wildman–Crippen LogP) is 3.87. The highest BCUT2D eigenvalue weighted by atomic mass is 16.3. The lowest BCUT2D eigenvalue weighted by atomic mass is 10.2. The molecule has 0 spiro atoms. The molecule has 0 aliphatic heterocycles. The molecule has 23 heavy (non-hydrogen) atoms. The third-order valence-corrected chi connectivity index (χ3v) is 3.41. The monoisotopic (exact) mass is 304 g/mol. The van der Waals surface area contributed by atoms with E-state index in [1.165, 1.54) is 0 Å². The number of allylic oxidation sites excluding steroid dienone is 1. The van der Waals surface area contributed by atoms with E-state index in [9.17, 15) is 5.26 Å². The van der Waals surface area contributed by atoms with E-state index in [-0.39, 0.29) is 0 Å². The summed E-state index contributed by atoms with van der Waals surface area (Å²) in [6.07, 6.45) is 1.61. The van der Waals surface area contributed by atoms with Crippen LogP contribution in [0.25, 0.3) is 16.7 Å². The first kappa shape index (κ1) is 14.7. The van der Waals surface area contributed by atoms with Crippen molar-refractivity contribution < 1.29 is 4.42 Å². The second-order valence-corrected chi connectivity index (χ2v) is 5.24. The van der Waals surface area contributed by atoms with Gasteiger partial charge in [0.05, 0.1) is 0 Å². The molecule has 0 radical (unpaired) electrons. The van der Waals surface area contributed by atoms with Crippen molar-refractivity contribution in [3.8, 4) is 6.07 Å². The topological polar surface area (TPSA) is 65.1 Å². The van der Waals surface area contributed by atoms with Crippen molar-refractivity contribution >= 4 is 28.0 Å². The number of aromatic nitrogens is 1. The lowest BCUT2D eigenvalue weighted by Gasteiger charge is -2.12. The largest absolute Gasteiger partial charge is 0.435 e. The zero-order valence-electron chi connectivity index (χ0n) is 12.9. The SMILES string of the molecule is CN(C)c1ccc(N/C=C(\C#N)c2nc3ccccc3o2)cc1. The van der Waals surface area contributed by atoms with Gasteiger partial charge in [-0.1, -0.05) is 12.1 Å². The van der Waals surface area contributed by atoms with Gasteiger partial charge in [0.1, 0.15) is 17.2 Å². The van der Waals surface area contributed by atoms with E-state index < -0.39 is 0 Å². The van der Waals surface area contributed by atoms with E-state index >= 15 is 0 Å². The summed E-state index contributed by atoms with van der Waals surface area (Å²) in [6.45, 7) is 0. The molecule has 5 heteroatoms. The fourth-order valence-electron chi connectivity index (χ4n) is 2.14. The Hall–Kier alpha value is -3.26. The molecule has 0 aliphatic carbocycles. The van der Waals surface area contributed by atoms with Gasteiger partial charge in [-0.2, -0.15) is 5.26 Å². The standard InChI is InChI=1S/C18H16N4O/c1-22(2)15-9-7-14(8-10-15)20-12-13(11-19)18-21-16-5-3-4-6-17(16)23-18/h3-10,12,20H,1-2H3/b13-12+. The van der Waals surface area contributed by atoms with Crippen LogP contribution in [0.3, 0.4) is 0 Å². The summed E-state index contributed by atoms with van der Waals surface area (Å²) in [4.78, 5) is 6.36. The van der Waals surface area contributed by atoms with Crippen LogP contribution in [0.4, 0.5) is 11.4 Å². The first-order valence-corrected chi connectivity index (χ1v) is 7.17.